The molecule has 1 amide bonds. The van der Waals surface area contributed by atoms with E-state index in [0.717, 1.165) is 49.4 Å². The van der Waals surface area contributed by atoms with Crippen molar-refractivity contribution in [1.29, 1.82) is 0 Å². The zero-order valence-corrected chi connectivity index (χ0v) is 17.5. The number of rotatable bonds is 5. The fourth-order valence-electron chi connectivity index (χ4n) is 3.95. The molecule has 1 N–H and O–H groups in total. The van der Waals surface area contributed by atoms with Gasteiger partial charge in [0.25, 0.3) is 5.91 Å². The molecule has 1 saturated heterocycles. The van der Waals surface area contributed by atoms with Crippen molar-refractivity contribution >= 4 is 38.2 Å². The molecule has 0 aliphatic carbocycles. The summed E-state index contributed by atoms with van der Waals surface area (Å²) in [6.07, 6.45) is 0. The number of aromatic nitrogens is 1. The summed E-state index contributed by atoms with van der Waals surface area (Å²) in [7, 11) is 0. The maximum Gasteiger partial charge on any atom is 0.260 e. The van der Waals surface area contributed by atoms with Crippen LogP contribution in [0.15, 0.2) is 66.7 Å². The normalized spacial score (nSPS) is 15.0. The van der Waals surface area contributed by atoms with Crippen molar-refractivity contribution in [2.75, 3.05) is 32.8 Å². The van der Waals surface area contributed by atoms with Crippen LogP contribution < -0.4 is 9.64 Å². The van der Waals surface area contributed by atoms with Crippen LogP contribution in [0.1, 0.15) is 5.01 Å². The second-order valence-electron chi connectivity index (χ2n) is 7.68. The van der Waals surface area contributed by atoms with E-state index in [9.17, 15) is 4.79 Å². The minimum Gasteiger partial charge on any atom is -0.484 e. The van der Waals surface area contributed by atoms with Gasteiger partial charge in [-0.25, -0.2) is 4.98 Å². The first-order valence-corrected chi connectivity index (χ1v) is 11.1. The number of nitrogens with zero attached hydrogens (tertiary/aromatic N) is 2. The van der Waals surface area contributed by atoms with Crippen LogP contribution in [0, 0.1) is 0 Å². The predicted octanol–water partition coefficient (Wildman–Crippen LogP) is 2.76. The molecule has 1 fully saturated rings. The number of benzene rings is 3. The fourth-order valence-corrected chi connectivity index (χ4v) is 4.99. The van der Waals surface area contributed by atoms with Crippen molar-refractivity contribution in [2.24, 2.45) is 0 Å². The third kappa shape index (κ3) is 4.15. The van der Waals surface area contributed by atoms with Crippen LogP contribution in [-0.4, -0.2) is 48.6 Å². The van der Waals surface area contributed by atoms with E-state index in [2.05, 4.69) is 30.3 Å². The zero-order valence-electron chi connectivity index (χ0n) is 16.7. The lowest BCUT2D eigenvalue weighted by molar-refractivity contribution is -0.917. The Balaban J connectivity index is 1.12. The monoisotopic (exact) mass is 418 g/mol. The van der Waals surface area contributed by atoms with Crippen molar-refractivity contribution in [1.82, 2.24) is 9.88 Å². The molecule has 0 radical (unpaired) electrons. The van der Waals surface area contributed by atoms with Gasteiger partial charge in [-0.1, -0.05) is 42.5 Å². The first-order valence-electron chi connectivity index (χ1n) is 10.3. The van der Waals surface area contributed by atoms with Gasteiger partial charge < -0.3 is 14.5 Å². The Morgan fingerprint density at radius 2 is 1.77 bits per heavy atom. The minimum atomic E-state index is 0.0576. The van der Waals surface area contributed by atoms with Crippen molar-refractivity contribution in [3.8, 4) is 5.75 Å². The number of piperazine rings is 1. The molecule has 0 unspecified atom stereocenters. The first-order chi connectivity index (χ1) is 14.7. The lowest BCUT2D eigenvalue weighted by atomic mass is 10.1. The molecular weight excluding hydrogens is 394 g/mol. The van der Waals surface area contributed by atoms with Gasteiger partial charge in [-0.3, -0.25) is 4.79 Å². The number of fused-ring (bicyclic) bond motifs is 2. The van der Waals surface area contributed by atoms with Gasteiger partial charge in [0, 0.05) is 0 Å². The van der Waals surface area contributed by atoms with E-state index in [1.54, 1.807) is 11.3 Å². The third-order valence-corrected chi connectivity index (χ3v) is 6.68. The molecule has 152 valence electrons. The molecule has 1 aliphatic heterocycles. The maximum atomic E-state index is 12.6. The summed E-state index contributed by atoms with van der Waals surface area (Å²) >= 11 is 1.77. The van der Waals surface area contributed by atoms with Crippen molar-refractivity contribution in [3.63, 3.8) is 0 Å². The third-order valence-electron chi connectivity index (χ3n) is 5.65. The highest BCUT2D eigenvalue weighted by atomic mass is 32.1. The predicted molar refractivity (Wildman–Crippen MR) is 120 cm³/mol. The molecular formula is C24H24N3O2S+. The van der Waals surface area contributed by atoms with Crippen molar-refractivity contribution < 1.29 is 14.4 Å². The van der Waals surface area contributed by atoms with Crippen LogP contribution in [0.4, 0.5) is 0 Å². The Kier molecular flexibility index (Phi) is 5.34. The number of carbonyl (C=O) groups is 1. The van der Waals surface area contributed by atoms with Crippen molar-refractivity contribution in [2.45, 2.75) is 6.54 Å². The molecule has 5 nitrogen and oxygen atoms in total. The van der Waals surface area contributed by atoms with Crippen LogP contribution >= 0.6 is 11.3 Å². The summed E-state index contributed by atoms with van der Waals surface area (Å²) in [4.78, 5) is 20.7. The second-order valence-corrected chi connectivity index (χ2v) is 8.80. The van der Waals surface area contributed by atoms with E-state index >= 15 is 0 Å². The van der Waals surface area contributed by atoms with E-state index in [4.69, 9.17) is 9.72 Å². The van der Waals surface area contributed by atoms with Crippen LogP contribution in [0.25, 0.3) is 21.0 Å². The number of amides is 1. The Morgan fingerprint density at radius 1 is 1.00 bits per heavy atom. The van der Waals surface area contributed by atoms with Gasteiger partial charge in [0.2, 0.25) is 0 Å². The van der Waals surface area contributed by atoms with Gasteiger partial charge >= 0.3 is 0 Å². The molecule has 0 bridgehead atoms. The molecule has 6 heteroatoms. The minimum absolute atomic E-state index is 0.0576. The standard InChI is InChI=1S/C24H23N3O2S/c28-24(17-29-20-10-9-18-5-1-2-6-19(18)15-20)27-13-11-26(12-14-27)16-23-25-21-7-3-4-8-22(21)30-23/h1-10,15H,11-14,16-17H2/p+1. The number of ether oxygens (including phenoxy) is 1. The van der Waals surface area contributed by atoms with E-state index in [1.165, 1.54) is 20.0 Å². The fraction of sp³-hybridized carbons (Fsp3) is 0.250. The average molecular weight is 419 g/mol. The molecule has 2 heterocycles. The van der Waals surface area contributed by atoms with E-state index in [-0.39, 0.29) is 12.5 Å². The molecule has 4 aromatic rings. The molecule has 0 spiro atoms. The smallest absolute Gasteiger partial charge is 0.260 e. The molecule has 1 aliphatic rings. The summed E-state index contributed by atoms with van der Waals surface area (Å²) in [5.41, 5.74) is 1.08. The van der Waals surface area contributed by atoms with Gasteiger partial charge in [-0.15, -0.1) is 11.3 Å². The molecule has 30 heavy (non-hydrogen) atoms. The number of nitrogens with one attached hydrogen (secondary N) is 1. The second kappa shape index (κ2) is 8.42. The Labute approximate surface area is 179 Å². The largest absolute Gasteiger partial charge is 0.484 e. The van der Waals surface area contributed by atoms with E-state index < -0.39 is 0 Å². The van der Waals surface area contributed by atoms with Gasteiger partial charge in [0.15, 0.2) is 6.61 Å². The van der Waals surface area contributed by atoms with Gasteiger partial charge in [0.1, 0.15) is 17.3 Å². The number of carbonyl (C=O) groups excluding carboxylic acids is 1. The zero-order chi connectivity index (χ0) is 20.3. The Bertz CT molecular complexity index is 1150. The molecule has 3 aromatic carbocycles. The highest BCUT2D eigenvalue weighted by Crippen LogP contribution is 2.21. The van der Waals surface area contributed by atoms with Crippen LogP contribution in [0.3, 0.4) is 0 Å². The first kappa shape index (κ1) is 19.0. The lowest BCUT2D eigenvalue weighted by Gasteiger charge is -2.31. The summed E-state index contributed by atoms with van der Waals surface area (Å²) in [5.74, 6) is 0.796. The van der Waals surface area contributed by atoms with E-state index in [0.29, 0.717) is 0 Å². The quantitative estimate of drug-likeness (QED) is 0.542. The van der Waals surface area contributed by atoms with Crippen LogP contribution in [0.5, 0.6) is 5.75 Å². The Hall–Kier alpha value is -2.96. The van der Waals surface area contributed by atoms with E-state index in [1.807, 2.05) is 41.3 Å². The van der Waals surface area contributed by atoms with Gasteiger partial charge in [0.05, 0.1) is 36.4 Å². The molecule has 0 atom stereocenters. The SMILES string of the molecule is O=C(COc1ccc2ccccc2c1)N1CC[NH+](Cc2nc3ccccc3s2)CC1. The highest BCUT2D eigenvalue weighted by Gasteiger charge is 2.24. The lowest BCUT2D eigenvalue weighted by Crippen LogP contribution is -3.13. The topological polar surface area (TPSA) is 46.9 Å². The van der Waals surface area contributed by atoms with Crippen molar-refractivity contribution in [3.05, 3.63) is 71.7 Å². The number of para-hydroxylation sites is 1. The number of thiazole rings is 1. The van der Waals surface area contributed by atoms with Gasteiger partial charge in [-0.05, 0) is 35.0 Å². The number of hydrogen-bond acceptors (Lipinski definition) is 4. The van der Waals surface area contributed by atoms with Crippen LogP contribution in [0.2, 0.25) is 0 Å². The van der Waals surface area contributed by atoms with Crippen LogP contribution in [-0.2, 0) is 11.3 Å². The Morgan fingerprint density at radius 3 is 2.60 bits per heavy atom. The summed E-state index contributed by atoms with van der Waals surface area (Å²) in [6, 6.07) is 22.4. The summed E-state index contributed by atoms with van der Waals surface area (Å²) in [6.45, 7) is 4.43. The molecule has 5 rings (SSSR count). The van der Waals surface area contributed by atoms with Gasteiger partial charge in [-0.2, -0.15) is 0 Å². The summed E-state index contributed by atoms with van der Waals surface area (Å²) in [5, 5.41) is 3.46. The number of quaternary nitrogens is 1. The average Bonchev–Trinajstić information content (AvgIpc) is 3.20. The molecule has 1 aromatic heterocycles. The number of hydrogen-bond donors (Lipinski definition) is 1. The molecule has 0 saturated carbocycles. The highest BCUT2D eigenvalue weighted by molar-refractivity contribution is 7.18. The summed E-state index contributed by atoms with van der Waals surface area (Å²) < 4.78 is 7.02. The maximum absolute atomic E-state index is 12.6.